The number of hydrogen-bond donors (Lipinski definition) is 2. The van der Waals surface area contributed by atoms with Crippen LogP contribution in [0.5, 0.6) is 0 Å². The van der Waals surface area contributed by atoms with Gasteiger partial charge in [-0.3, -0.25) is 14.4 Å². The monoisotopic (exact) mass is 507 g/mol. The molecule has 2 N–H and O–H groups in total. The maximum Gasteiger partial charge on any atom is 0.222 e. The topological polar surface area (TPSA) is 101 Å². The van der Waals surface area contributed by atoms with Gasteiger partial charge in [0.1, 0.15) is 16.9 Å². The number of H-pyrrole nitrogens is 1. The van der Waals surface area contributed by atoms with Crippen molar-refractivity contribution >= 4 is 34.6 Å². The van der Waals surface area contributed by atoms with E-state index in [0.29, 0.717) is 23.8 Å². The molecule has 0 bridgehead atoms. The van der Waals surface area contributed by atoms with E-state index in [9.17, 15) is 4.79 Å². The number of hydrogen-bond acceptors (Lipinski definition) is 6. The molecule has 0 radical (unpaired) electrons. The third-order valence-corrected chi connectivity index (χ3v) is 7.67. The van der Waals surface area contributed by atoms with Crippen molar-refractivity contribution in [2.75, 3.05) is 6.54 Å². The summed E-state index contributed by atoms with van der Waals surface area (Å²) in [5.41, 5.74) is 5.02. The molecule has 0 spiro atoms. The van der Waals surface area contributed by atoms with Crippen molar-refractivity contribution < 1.29 is 4.79 Å². The number of fused-ring (bicyclic) bond motifs is 3. The second-order valence-corrected chi connectivity index (χ2v) is 10.1. The minimum atomic E-state index is -0.472. The normalized spacial score (nSPS) is 14.7. The number of amides is 1. The van der Waals surface area contributed by atoms with Gasteiger partial charge >= 0.3 is 0 Å². The lowest BCUT2D eigenvalue weighted by molar-refractivity contribution is -0.121. The molecule has 0 saturated heterocycles. The van der Waals surface area contributed by atoms with Crippen LogP contribution in [0.2, 0.25) is 5.02 Å². The number of imidazole rings is 1. The van der Waals surface area contributed by atoms with Gasteiger partial charge in [-0.15, -0.1) is 21.5 Å². The fourth-order valence-electron chi connectivity index (χ4n) is 4.29. The summed E-state index contributed by atoms with van der Waals surface area (Å²) in [4.78, 5) is 26.4. The number of rotatable bonds is 7. The van der Waals surface area contributed by atoms with Crippen LogP contribution in [-0.2, 0) is 17.6 Å². The zero-order valence-corrected chi connectivity index (χ0v) is 21.4. The molecule has 1 aliphatic rings. The van der Waals surface area contributed by atoms with Crippen LogP contribution in [0.25, 0.3) is 5.00 Å². The van der Waals surface area contributed by atoms with Crippen molar-refractivity contribution in [2.45, 2.75) is 46.1 Å². The molecular formula is C25H26ClN7OS. The maximum absolute atomic E-state index is 13.0. The number of carbonyl (C=O) groups excluding carboxylic acids is 1. The van der Waals surface area contributed by atoms with E-state index in [1.807, 2.05) is 24.3 Å². The Balaban J connectivity index is 1.54. The van der Waals surface area contributed by atoms with Gasteiger partial charge in [-0.25, -0.2) is 4.98 Å². The van der Waals surface area contributed by atoms with E-state index in [0.717, 1.165) is 39.8 Å². The van der Waals surface area contributed by atoms with Crippen LogP contribution in [0, 0.1) is 13.8 Å². The van der Waals surface area contributed by atoms with Gasteiger partial charge in [0.15, 0.2) is 5.82 Å². The molecule has 4 aromatic rings. The van der Waals surface area contributed by atoms with Crippen LogP contribution in [-0.4, -0.2) is 42.9 Å². The second-order valence-electron chi connectivity index (χ2n) is 8.51. The number of aromatic nitrogens is 5. The fourth-order valence-corrected chi connectivity index (χ4v) is 5.60. The molecule has 3 aromatic heterocycles. The number of nitrogens with one attached hydrogen (secondary N) is 2. The van der Waals surface area contributed by atoms with E-state index in [2.05, 4.69) is 50.8 Å². The highest BCUT2D eigenvalue weighted by atomic mass is 35.5. The molecule has 10 heteroatoms. The Morgan fingerprint density at radius 1 is 1.23 bits per heavy atom. The SMILES string of the molecule is CCc1nnc2n1-c1sc(C)c(C)c1C(c1ccc(Cl)cc1)=N[C@H]2CC(=O)NCCc1cnc[nH]1. The van der Waals surface area contributed by atoms with Gasteiger partial charge in [0.25, 0.3) is 0 Å². The number of nitrogens with zero attached hydrogens (tertiary/aromatic N) is 5. The van der Waals surface area contributed by atoms with Gasteiger partial charge in [-0.1, -0.05) is 30.7 Å². The standard InChI is InChI=1S/C25H26ClN7OS/c1-4-20-31-32-24-19(11-21(34)28-10-9-18-12-27-13-29-18)30-23(16-5-7-17(26)8-6-16)22-14(2)15(3)35-25(22)33(20)24/h5-8,12-13,19H,4,9-11H2,1-3H3,(H,27,29)(H,28,34)/t19-/m0/s1. The molecule has 0 saturated carbocycles. The van der Waals surface area contributed by atoms with Crippen molar-refractivity contribution in [1.82, 2.24) is 30.0 Å². The number of aryl methyl sites for hydroxylation is 2. The maximum atomic E-state index is 13.0. The molecule has 1 aromatic carbocycles. The molecule has 5 rings (SSSR count). The molecular weight excluding hydrogens is 482 g/mol. The average molecular weight is 508 g/mol. The fraction of sp³-hybridized carbons (Fsp3) is 0.320. The highest BCUT2D eigenvalue weighted by Crippen LogP contribution is 2.39. The molecule has 180 valence electrons. The predicted octanol–water partition coefficient (Wildman–Crippen LogP) is 4.53. The summed E-state index contributed by atoms with van der Waals surface area (Å²) in [6.45, 7) is 6.82. The molecule has 4 heterocycles. The molecule has 0 fully saturated rings. The number of thiophene rings is 1. The Labute approximate surface area is 212 Å². The summed E-state index contributed by atoms with van der Waals surface area (Å²) in [6, 6.07) is 7.22. The van der Waals surface area contributed by atoms with Crippen LogP contribution in [0.4, 0.5) is 0 Å². The summed E-state index contributed by atoms with van der Waals surface area (Å²) in [6.07, 6.45) is 4.98. The van der Waals surface area contributed by atoms with E-state index in [1.165, 1.54) is 10.4 Å². The molecule has 0 aliphatic carbocycles. The highest BCUT2D eigenvalue weighted by molar-refractivity contribution is 7.15. The van der Waals surface area contributed by atoms with Crippen LogP contribution < -0.4 is 5.32 Å². The first-order valence-electron chi connectivity index (χ1n) is 11.6. The number of aliphatic imine (C=N–C) groups is 1. The largest absolute Gasteiger partial charge is 0.356 e. The van der Waals surface area contributed by atoms with Crippen LogP contribution in [0.3, 0.4) is 0 Å². The summed E-state index contributed by atoms with van der Waals surface area (Å²) in [5, 5.41) is 13.7. The van der Waals surface area contributed by atoms with Crippen molar-refractivity contribution in [3.63, 3.8) is 0 Å². The molecule has 35 heavy (non-hydrogen) atoms. The lowest BCUT2D eigenvalue weighted by Crippen LogP contribution is -2.27. The zero-order valence-electron chi connectivity index (χ0n) is 19.8. The third-order valence-electron chi connectivity index (χ3n) is 6.23. The van der Waals surface area contributed by atoms with Crippen molar-refractivity contribution in [1.29, 1.82) is 0 Å². The van der Waals surface area contributed by atoms with Gasteiger partial charge < -0.3 is 10.3 Å². The van der Waals surface area contributed by atoms with Crippen LogP contribution in [0.15, 0.2) is 41.8 Å². The van der Waals surface area contributed by atoms with Gasteiger partial charge in [-0.2, -0.15) is 0 Å². The lowest BCUT2D eigenvalue weighted by Gasteiger charge is -2.13. The second kappa shape index (κ2) is 9.75. The smallest absolute Gasteiger partial charge is 0.222 e. The van der Waals surface area contributed by atoms with Gasteiger partial charge in [0, 0.05) is 52.3 Å². The molecule has 8 nitrogen and oxygen atoms in total. The van der Waals surface area contributed by atoms with E-state index in [-0.39, 0.29) is 12.3 Å². The Hall–Kier alpha value is -3.30. The lowest BCUT2D eigenvalue weighted by atomic mass is 9.99. The van der Waals surface area contributed by atoms with E-state index in [1.54, 1.807) is 23.9 Å². The Morgan fingerprint density at radius 3 is 2.74 bits per heavy atom. The van der Waals surface area contributed by atoms with E-state index >= 15 is 0 Å². The first-order chi connectivity index (χ1) is 17.0. The number of benzene rings is 1. The predicted molar refractivity (Wildman–Crippen MR) is 138 cm³/mol. The molecule has 1 amide bonds. The first kappa shape index (κ1) is 23.4. The van der Waals surface area contributed by atoms with Crippen molar-refractivity contribution in [3.8, 4) is 5.00 Å². The number of carbonyl (C=O) groups is 1. The Morgan fingerprint density at radius 2 is 2.03 bits per heavy atom. The van der Waals surface area contributed by atoms with E-state index < -0.39 is 6.04 Å². The highest BCUT2D eigenvalue weighted by Gasteiger charge is 2.32. The molecule has 1 atom stereocenters. The Kier molecular flexibility index (Phi) is 6.53. The summed E-state index contributed by atoms with van der Waals surface area (Å²) >= 11 is 7.89. The number of aromatic amines is 1. The number of halogens is 1. The zero-order chi connectivity index (χ0) is 24.5. The van der Waals surface area contributed by atoms with Gasteiger partial charge in [-0.05, 0) is 31.5 Å². The first-order valence-corrected chi connectivity index (χ1v) is 12.8. The summed E-state index contributed by atoms with van der Waals surface area (Å²) < 4.78 is 2.11. The minimum Gasteiger partial charge on any atom is -0.356 e. The molecule has 0 unspecified atom stereocenters. The third kappa shape index (κ3) is 4.53. The summed E-state index contributed by atoms with van der Waals surface area (Å²) in [5.74, 6) is 1.47. The van der Waals surface area contributed by atoms with Crippen molar-refractivity contribution in [2.24, 2.45) is 4.99 Å². The molecule has 1 aliphatic heterocycles. The van der Waals surface area contributed by atoms with Gasteiger partial charge in [0.05, 0.1) is 18.5 Å². The average Bonchev–Trinajstić information content (AvgIpc) is 3.56. The van der Waals surface area contributed by atoms with E-state index in [4.69, 9.17) is 16.6 Å². The van der Waals surface area contributed by atoms with Gasteiger partial charge in [0.2, 0.25) is 5.91 Å². The Bertz CT molecular complexity index is 1390. The van der Waals surface area contributed by atoms with Crippen molar-refractivity contribution in [3.05, 3.63) is 80.7 Å². The quantitative estimate of drug-likeness (QED) is 0.384. The minimum absolute atomic E-state index is 0.0838. The van der Waals surface area contributed by atoms with Crippen LogP contribution >= 0.6 is 22.9 Å². The summed E-state index contributed by atoms with van der Waals surface area (Å²) in [7, 11) is 0. The van der Waals surface area contributed by atoms with Crippen LogP contribution in [0.1, 0.15) is 58.3 Å².